The van der Waals surface area contributed by atoms with Gasteiger partial charge in [0.2, 0.25) is 5.27 Å². The molecule has 0 bridgehead atoms. The van der Waals surface area contributed by atoms with Gasteiger partial charge in [-0.05, 0) is 31.4 Å². The summed E-state index contributed by atoms with van der Waals surface area (Å²) in [7, 11) is 0. The molecular formula is C16H21N4O2+. The molecule has 1 aliphatic heterocycles. The molecule has 0 spiro atoms. The van der Waals surface area contributed by atoms with E-state index in [2.05, 4.69) is 15.6 Å². The van der Waals surface area contributed by atoms with E-state index in [9.17, 15) is 4.79 Å². The fraction of sp³-hybridized carbons (Fsp3) is 0.438. The quantitative estimate of drug-likeness (QED) is 0.881. The average molecular weight is 301 g/mol. The summed E-state index contributed by atoms with van der Waals surface area (Å²) >= 11 is 0. The van der Waals surface area contributed by atoms with Gasteiger partial charge in [-0.25, -0.2) is 0 Å². The molecule has 1 N–H and O–H groups in total. The van der Waals surface area contributed by atoms with Crippen molar-refractivity contribution in [3.63, 3.8) is 0 Å². The van der Waals surface area contributed by atoms with Crippen LogP contribution in [0.15, 0.2) is 35.0 Å². The monoisotopic (exact) mass is 301 g/mol. The highest BCUT2D eigenvalue weighted by molar-refractivity contribution is 6.04. The van der Waals surface area contributed by atoms with Gasteiger partial charge in [0.1, 0.15) is 0 Å². The van der Waals surface area contributed by atoms with Crippen molar-refractivity contribution in [3.05, 3.63) is 41.6 Å². The lowest BCUT2D eigenvalue weighted by molar-refractivity contribution is -0.758. The third-order valence-corrected chi connectivity index (χ3v) is 3.95. The molecule has 1 aromatic heterocycles. The van der Waals surface area contributed by atoms with Gasteiger partial charge in [-0.2, -0.15) is 5.01 Å². The van der Waals surface area contributed by atoms with Gasteiger partial charge in [-0.15, -0.1) is 0 Å². The van der Waals surface area contributed by atoms with Crippen LogP contribution in [0, 0.1) is 6.92 Å². The lowest BCUT2D eigenvalue weighted by Gasteiger charge is -2.08. The van der Waals surface area contributed by atoms with Gasteiger partial charge >= 0.3 is 5.88 Å². The molecule has 1 amide bonds. The highest BCUT2D eigenvalue weighted by atomic mass is 16.5. The number of rotatable bonds is 3. The van der Waals surface area contributed by atoms with E-state index < -0.39 is 0 Å². The van der Waals surface area contributed by atoms with Crippen molar-refractivity contribution in [1.29, 1.82) is 0 Å². The van der Waals surface area contributed by atoms with E-state index in [-0.39, 0.29) is 5.91 Å². The highest BCUT2D eigenvalue weighted by Crippen LogP contribution is 2.11. The Labute approximate surface area is 129 Å². The minimum absolute atomic E-state index is 0.183. The van der Waals surface area contributed by atoms with Crippen LogP contribution in [0.5, 0.6) is 0 Å². The standard InChI is InChI=1S/C16H20N4O2/c1-13-8-4-5-9-14(13)16(21)17-15-12-20(18-22-15)19-10-6-2-3-7-11-19/h4-5,8-9,12H,2-3,6-7,10-11H2,1H3/p+1. The van der Waals surface area contributed by atoms with Gasteiger partial charge in [0.05, 0.1) is 17.9 Å². The Morgan fingerprint density at radius 1 is 1.23 bits per heavy atom. The van der Waals surface area contributed by atoms with Crippen molar-refractivity contribution < 1.29 is 14.1 Å². The summed E-state index contributed by atoms with van der Waals surface area (Å²) in [4.78, 5) is 13.9. The number of anilines is 1. The highest BCUT2D eigenvalue weighted by Gasteiger charge is 2.22. The largest absolute Gasteiger partial charge is 0.306 e. The van der Waals surface area contributed by atoms with Crippen LogP contribution in [-0.2, 0) is 0 Å². The third-order valence-electron chi connectivity index (χ3n) is 3.95. The predicted octanol–water partition coefficient (Wildman–Crippen LogP) is 2.03. The first-order valence-corrected chi connectivity index (χ1v) is 7.75. The Morgan fingerprint density at radius 2 is 1.95 bits per heavy atom. The Hall–Kier alpha value is -2.37. The average Bonchev–Trinajstić information content (AvgIpc) is 2.81. The topological polar surface area (TPSA) is 62.3 Å². The van der Waals surface area contributed by atoms with Crippen LogP contribution in [0.4, 0.5) is 5.88 Å². The molecule has 1 aromatic carbocycles. The Kier molecular flexibility index (Phi) is 4.37. The zero-order chi connectivity index (χ0) is 15.4. The molecule has 3 rings (SSSR count). The molecule has 0 radical (unpaired) electrons. The molecule has 0 unspecified atom stereocenters. The van der Waals surface area contributed by atoms with Crippen molar-refractivity contribution >= 4 is 11.8 Å². The zero-order valence-corrected chi connectivity index (χ0v) is 12.8. The van der Waals surface area contributed by atoms with Gasteiger partial charge in [0, 0.05) is 5.56 Å². The van der Waals surface area contributed by atoms with Crippen LogP contribution in [0.2, 0.25) is 0 Å². The number of aromatic nitrogens is 2. The minimum atomic E-state index is -0.183. The summed E-state index contributed by atoms with van der Waals surface area (Å²) in [5.41, 5.74) is 1.57. The third kappa shape index (κ3) is 3.27. The molecule has 1 fully saturated rings. The summed E-state index contributed by atoms with van der Waals surface area (Å²) in [6.45, 7) is 3.83. The zero-order valence-electron chi connectivity index (χ0n) is 12.8. The second kappa shape index (κ2) is 6.60. The SMILES string of the molecule is Cc1ccccc1C(=O)Nc1c[n+](N2CCCCCC2)no1. The number of nitrogens with one attached hydrogen (secondary N) is 1. The van der Waals surface area contributed by atoms with E-state index in [1.54, 1.807) is 17.1 Å². The van der Waals surface area contributed by atoms with Crippen molar-refractivity contribution in [3.8, 4) is 0 Å². The minimum Gasteiger partial charge on any atom is -0.285 e. The Morgan fingerprint density at radius 3 is 2.68 bits per heavy atom. The number of benzene rings is 1. The van der Waals surface area contributed by atoms with Gasteiger partial charge < -0.3 is 0 Å². The fourth-order valence-electron chi connectivity index (χ4n) is 2.69. The van der Waals surface area contributed by atoms with E-state index in [1.165, 1.54) is 12.8 Å². The van der Waals surface area contributed by atoms with Crippen LogP contribution in [0.3, 0.4) is 0 Å². The number of nitrogens with zero attached hydrogens (tertiary/aromatic N) is 3. The summed E-state index contributed by atoms with van der Waals surface area (Å²) in [5, 5.41) is 8.90. The van der Waals surface area contributed by atoms with Crippen molar-refractivity contribution in [2.75, 3.05) is 23.4 Å². The van der Waals surface area contributed by atoms with Crippen LogP contribution in [0.1, 0.15) is 41.6 Å². The number of hydrogen-bond donors (Lipinski definition) is 1. The number of carbonyl (C=O) groups is 1. The van der Waals surface area contributed by atoms with E-state index in [4.69, 9.17) is 4.52 Å². The number of hydrogen-bond acceptors (Lipinski definition) is 4. The molecule has 22 heavy (non-hydrogen) atoms. The number of amides is 1. The molecule has 6 heteroatoms. The lowest BCUT2D eigenvalue weighted by atomic mass is 10.1. The smallest absolute Gasteiger partial charge is 0.285 e. The molecule has 116 valence electrons. The van der Waals surface area contributed by atoms with Gasteiger partial charge in [-0.1, -0.05) is 31.0 Å². The van der Waals surface area contributed by atoms with Crippen molar-refractivity contribution in [1.82, 2.24) is 5.27 Å². The Balaban J connectivity index is 1.69. The molecule has 2 heterocycles. The second-order valence-corrected chi connectivity index (χ2v) is 5.62. The first-order chi connectivity index (χ1) is 10.7. The summed E-state index contributed by atoms with van der Waals surface area (Å²) in [6, 6.07) is 7.46. The molecule has 2 aromatic rings. The maximum Gasteiger partial charge on any atom is 0.306 e. The first kappa shape index (κ1) is 14.6. The maximum absolute atomic E-state index is 12.3. The number of carbonyl (C=O) groups excluding carboxylic acids is 1. The van der Waals surface area contributed by atoms with Crippen LogP contribution in [-0.4, -0.2) is 24.3 Å². The second-order valence-electron chi connectivity index (χ2n) is 5.62. The molecule has 1 saturated heterocycles. The summed E-state index contributed by atoms with van der Waals surface area (Å²) in [5.74, 6) is 0.176. The van der Waals surface area contributed by atoms with Gasteiger partial charge in [-0.3, -0.25) is 14.6 Å². The van der Waals surface area contributed by atoms with Crippen LogP contribution in [0.25, 0.3) is 0 Å². The molecule has 0 saturated carbocycles. The molecular weight excluding hydrogens is 280 g/mol. The first-order valence-electron chi connectivity index (χ1n) is 7.75. The molecule has 0 atom stereocenters. The van der Waals surface area contributed by atoms with Gasteiger partial charge in [0.25, 0.3) is 12.1 Å². The van der Waals surface area contributed by atoms with E-state index in [0.29, 0.717) is 11.4 Å². The van der Waals surface area contributed by atoms with Crippen molar-refractivity contribution in [2.24, 2.45) is 0 Å². The maximum atomic E-state index is 12.3. The van der Waals surface area contributed by atoms with Gasteiger partial charge in [0.15, 0.2) is 0 Å². The van der Waals surface area contributed by atoms with Crippen LogP contribution < -0.4 is 15.1 Å². The molecule has 1 aliphatic rings. The van der Waals surface area contributed by atoms with E-state index in [1.807, 2.05) is 25.1 Å². The van der Waals surface area contributed by atoms with E-state index >= 15 is 0 Å². The predicted molar refractivity (Wildman–Crippen MR) is 82.2 cm³/mol. The summed E-state index contributed by atoms with van der Waals surface area (Å²) in [6.07, 6.45) is 6.55. The lowest BCUT2D eigenvalue weighted by Crippen LogP contribution is -2.59. The summed E-state index contributed by atoms with van der Waals surface area (Å²) < 4.78 is 5.23. The van der Waals surface area contributed by atoms with Crippen molar-refractivity contribution in [2.45, 2.75) is 32.6 Å². The molecule has 6 nitrogen and oxygen atoms in total. The molecule has 0 aliphatic carbocycles. The fourth-order valence-corrected chi connectivity index (χ4v) is 2.69. The normalized spacial score (nSPS) is 15.4. The Bertz CT molecular complexity index is 645. The number of aryl methyl sites for hydroxylation is 1. The van der Waals surface area contributed by atoms with E-state index in [0.717, 1.165) is 31.5 Å². The van der Waals surface area contributed by atoms with Crippen LogP contribution >= 0.6 is 0 Å².